The Hall–Kier alpha value is -0.330. The third-order valence-corrected chi connectivity index (χ3v) is 2.63. The minimum Gasteiger partial charge on any atom is -0.381 e. The Morgan fingerprint density at radius 3 is 2.75 bits per heavy atom. The molecule has 3 nitrogen and oxygen atoms in total. The Balaban J connectivity index is 1.98. The molecule has 0 saturated carbocycles. The zero-order chi connectivity index (χ0) is 12.0. The molecule has 0 radical (unpaired) electrons. The Bertz CT molecular complexity index is 193. The summed E-state index contributed by atoms with van der Waals surface area (Å²) in [7, 11) is 0. The summed E-state index contributed by atoms with van der Waals surface area (Å²) in [6.45, 7) is 1.77. The summed E-state index contributed by atoms with van der Waals surface area (Å²) in [6, 6.07) is -0.131. The van der Waals surface area contributed by atoms with E-state index in [0.717, 1.165) is 6.42 Å². The molecule has 6 heteroatoms. The molecule has 2 N–H and O–H groups in total. The van der Waals surface area contributed by atoms with E-state index in [1.165, 1.54) is 0 Å². The second-order valence-electron chi connectivity index (χ2n) is 4.08. The minimum absolute atomic E-state index is 0.00259. The van der Waals surface area contributed by atoms with Crippen LogP contribution < -0.4 is 5.73 Å². The lowest BCUT2D eigenvalue weighted by Gasteiger charge is -2.17. The van der Waals surface area contributed by atoms with Crippen molar-refractivity contribution >= 4 is 0 Å². The molecular formula is C10H18F3NO2. The van der Waals surface area contributed by atoms with Crippen LogP contribution in [0.15, 0.2) is 0 Å². The maximum Gasteiger partial charge on any atom is 0.389 e. The highest BCUT2D eigenvalue weighted by molar-refractivity contribution is 4.75. The quantitative estimate of drug-likeness (QED) is 0.720. The van der Waals surface area contributed by atoms with Crippen LogP contribution in [-0.4, -0.2) is 38.6 Å². The molecule has 0 amide bonds. The average Bonchev–Trinajstić information content (AvgIpc) is 2.67. The number of alkyl halides is 3. The van der Waals surface area contributed by atoms with Crippen molar-refractivity contribution < 1.29 is 22.6 Å². The predicted octanol–water partition coefficient (Wildman–Crippen LogP) is 1.71. The van der Waals surface area contributed by atoms with E-state index in [1.807, 2.05) is 0 Å². The van der Waals surface area contributed by atoms with Crippen LogP contribution >= 0.6 is 0 Å². The van der Waals surface area contributed by atoms with Crippen molar-refractivity contribution in [3.8, 4) is 0 Å². The minimum atomic E-state index is -4.09. The molecule has 0 aromatic heterocycles. The molecule has 1 fully saturated rings. The summed E-state index contributed by atoms with van der Waals surface area (Å²) >= 11 is 0. The molecule has 0 aromatic carbocycles. The van der Waals surface area contributed by atoms with E-state index in [2.05, 4.69) is 0 Å². The smallest absolute Gasteiger partial charge is 0.381 e. The highest BCUT2D eigenvalue weighted by atomic mass is 19.4. The Kier molecular flexibility index (Phi) is 5.51. The lowest BCUT2D eigenvalue weighted by molar-refractivity contribution is -0.138. The van der Waals surface area contributed by atoms with Gasteiger partial charge in [-0.15, -0.1) is 0 Å². The molecule has 0 aromatic rings. The molecule has 1 aliphatic heterocycles. The van der Waals surface area contributed by atoms with Crippen LogP contribution in [0.2, 0.25) is 0 Å². The monoisotopic (exact) mass is 241 g/mol. The van der Waals surface area contributed by atoms with Gasteiger partial charge in [-0.3, -0.25) is 0 Å². The normalized spacial score (nSPS) is 23.6. The van der Waals surface area contributed by atoms with Gasteiger partial charge in [-0.2, -0.15) is 13.2 Å². The summed E-state index contributed by atoms with van der Waals surface area (Å²) in [5.41, 5.74) is 5.82. The molecule has 2 unspecified atom stereocenters. The van der Waals surface area contributed by atoms with E-state index >= 15 is 0 Å². The first kappa shape index (κ1) is 13.7. The third-order valence-electron chi connectivity index (χ3n) is 2.63. The SMILES string of the molecule is NC(COCCCC(F)(F)F)C1CCOC1. The van der Waals surface area contributed by atoms with Gasteiger partial charge in [0.15, 0.2) is 0 Å². The molecule has 1 rings (SSSR count). The highest BCUT2D eigenvalue weighted by Gasteiger charge is 2.26. The second kappa shape index (κ2) is 6.42. The van der Waals surface area contributed by atoms with Crippen LogP contribution in [0.3, 0.4) is 0 Å². The van der Waals surface area contributed by atoms with Crippen molar-refractivity contribution in [2.45, 2.75) is 31.5 Å². The predicted molar refractivity (Wildman–Crippen MR) is 53.0 cm³/mol. The zero-order valence-corrected chi connectivity index (χ0v) is 9.13. The Morgan fingerprint density at radius 1 is 1.44 bits per heavy atom. The molecule has 1 heterocycles. The first-order valence-electron chi connectivity index (χ1n) is 5.47. The van der Waals surface area contributed by atoms with Crippen molar-refractivity contribution in [1.82, 2.24) is 0 Å². The lowest BCUT2D eigenvalue weighted by atomic mass is 10.0. The lowest BCUT2D eigenvalue weighted by Crippen LogP contribution is -2.35. The maximum atomic E-state index is 11.8. The fraction of sp³-hybridized carbons (Fsp3) is 1.00. The fourth-order valence-electron chi connectivity index (χ4n) is 1.62. The molecule has 16 heavy (non-hydrogen) atoms. The van der Waals surface area contributed by atoms with Crippen molar-refractivity contribution in [2.75, 3.05) is 26.4 Å². The topological polar surface area (TPSA) is 44.5 Å². The summed E-state index contributed by atoms with van der Waals surface area (Å²) in [5, 5.41) is 0. The largest absolute Gasteiger partial charge is 0.389 e. The number of hydrogen-bond acceptors (Lipinski definition) is 3. The van der Waals surface area contributed by atoms with Gasteiger partial charge in [0.05, 0.1) is 13.2 Å². The summed E-state index contributed by atoms with van der Waals surface area (Å²) in [6.07, 6.45) is -3.98. The van der Waals surface area contributed by atoms with Gasteiger partial charge in [-0.25, -0.2) is 0 Å². The third kappa shape index (κ3) is 5.67. The average molecular weight is 241 g/mol. The zero-order valence-electron chi connectivity index (χ0n) is 9.13. The molecule has 0 spiro atoms. The second-order valence-corrected chi connectivity index (χ2v) is 4.08. The van der Waals surface area contributed by atoms with E-state index in [4.69, 9.17) is 15.2 Å². The van der Waals surface area contributed by atoms with Gasteiger partial charge in [0.1, 0.15) is 0 Å². The first-order chi connectivity index (χ1) is 7.49. The Labute approximate surface area is 93.1 Å². The molecule has 1 aliphatic rings. The van der Waals surface area contributed by atoms with Crippen LogP contribution in [0, 0.1) is 5.92 Å². The van der Waals surface area contributed by atoms with E-state index in [9.17, 15) is 13.2 Å². The maximum absolute atomic E-state index is 11.8. The summed E-state index contributed by atoms with van der Waals surface area (Å²) in [4.78, 5) is 0. The van der Waals surface area contributed by atoms with E-state index in [-0.39, 0.29) is 25.0 Å². The molecule has 2 atom stereocenters. The van der Waals surface area contributed by atoms with Crippen molar-refractivity contribution in [3.05, 3.63) is 0 Å². The fourth-order valence-corrected chi connectivity index (χ4v) is 1.62. The molecule has 1 saturated heterocycles. The van der Waals surface area contributed by atoms with E-state index in [1.54, 1.807) is 0 Å². The van der Waals surface area contributed by atoms with Crippen molar-refractivity contribution in [2.24, 2.45) is 11.7 Å². The summed E-state index contributed by atoms with van der Waals surface area (Å²) in [5.74, 6) is 0.280. The molecule has 0 aliphatic carbocycles. The van der Waals surface area contributed by atoms with Crippen LogP contribution in [0.4, 0.5) is 13.2 Å². The number of halogens is 3. The number of hydrogen-bond donors (Lipinski definition) is 1. The van der Waals surface area contributed by atoms with Crippen LogP contribution in [0.25, 0.3) is 0 Å². The number of rotatable bonds is 6. The number of ether oxygens (including phenoxy) is 2. The van der Waals surface area contributed by atoms with E-state index < -0.39 is 12.6 Å². The summed E-state index contributed by atoms with van der Waals surface area (Å²) < 4.78 is 45.7. The van der Waals surface area contributed by atoms with Gasteiger partial charge in [-0.05, 0) is 12.8 Å². The van der Waals surface area contributed by atoms with Gasteiger partial charge >= 0.3 is 6.18 Å². The van der Waals surface area contributed by atoms with Gasteiger partial charge in [0.2, 0.25) is 0 Å². The highest BCUT2D eigenvalue weighted by Crippen LogP contribution is 2.21. The van der Waals surface area contributed by atoms with Crippen molar-refractivity contribution in [3.63, 3.8) is 0 Å². The molecular weight excluding hydrogens is 223 g/mol. The van der Waals surface area contributed by atoms with Gasteiger partial charge in [0.25, 0.3) is 0 Å². The first-order valence-corrected chi connectivity index (χ1v) is 5.47. The van der Waals surface area contributed by atoms with Crippen LogP contribution in [0.1, 0.15) is 19.3 Å². The molecule has 0 bridgehead atoms. The standard InChI is InChI=1S/C10H18F3NO2/c11-10(12,13)3-1-4-15-7-9(14)8-2-5-16-6-8/h8-9H,1-7,14H2. The number of nitrogens with two attached hydrogens (primary N) is 1. The van der Waals surface area contributed by atoms with Crippen LogP contribution in [-0.2, 0) is 9.47 Å². The van der Waals surface area contributed by atoms with Gasteiger partial charge in [0, 0.05) is 31.6 Å². The van der Waals surface area contributed by atoms with E-state index in [0.29, 0.717) is 19.8 Å². The van der Waals surface area contributed by atoms with Crippen LogP contribution in [0.5, 0.6) is 0 Å². The van der Waals surface area contributed by atoms with Gasteiger partial charge < -0.3 is 15.2 Å². The van der Waals surface area contributed by atoms with Gasteiger partial charge in [-0.1, -0.05) is 0 Å². The van der Waals surface area contributed by atoms with Crippen molar-refractivity contribution in [1.29, 1.82) is 0 Å². The molecule has 96 valence electrons. The Morgan fingerprint density at radius 2 is 2.19 bits per heavy atom.